The van der Waals surface area contributed by atoms with E-state index in [1.54, 1.807) is 19.3 Å². The summed E-state index contributed by atoms with van der Waals surface area (Å²) in [7, 11) is 0. The SMILES string of the molecule is CC(O)OCc1cccnc1. The Morgan fingerprint density at radius 2 is 2.55 bits per heavy atom. The lowest BCUT2D eigenvalue weighted by Gasteiger charge is -2.05. The van der Waals surface area contributed by atoms with Crippen molar-refractivity contribution in [2.75, 3.05) is 0 Å². The molecule has 0 amide bonds. The van der Waals surface area contributed by atoms with E-state index in [2.05, 4.69) is 4.98 Å². The van der Waals surface area contributed by atoms with Crippen LogP contribution in [-0.4, -0.2) is 16.4 Å². The molecule has 0 bridgehead atoms. The quantitative estimate of drug-likeness (QED) is 0.657. The Morgan fingerprint density at radius 1 is 1.73 bits per heavy atom. The molecular formula is C8H11NO2. The molecule has 11 heavy (non-hydrogen) atoms. The van der Waals surface area contributed by atoms with Gasteiger partial charge in [0.2, 0.25) is 0 Å². The molecule has 0 spiro atoms. The Labute approximate surface area is 65.7 Å². The summed E-state index contributed by atoms with van der Waals surface area (Å²) in [6, 6.07) is 3.73. The van der Waals surface area contributed by atoms with Gasteiger partial charge in [0.15, 0.2) is 6.29 Å². The summed E-state index contributed by atoms with van der Waals surface area (Å²) in [6.07, 6.45) is 2.70. The van der Waals surface area contributed by atoms with E-state index in [4.69, 9.17) is 9.84 Å². The van der Waals surface area contributed by atoms with E-state index in [0.29, 0.717) is 6.61 Å². The Kier molecular flexibility index (Phi) is 3.01. The number of ether oxygens (including phenoxy) is 1. The molecule has 1 N–H and O–H groups in total. The Balaban J connectivity index is 2.39. The molecule has 3 nitrogen and oxygen atoms in total. The molecular weight excluding hydrogens is 142 g/mol. The Hall–Kier alpha value is -0.930. The molecule has 0 aliphatic rings. The summed E-state index contributed by atoms with van der Waals surface area (Å²) < 4.78 is 4.94. The van der Waals surface area contributed by atoms with Crippen molar-refractivity contribution in [1.29, 1.82) is 0 Å². The molecule has 0 saturated carbocycles. The minimum absolute atomic E-state index is 0.408. The second-order valence-corrected chi connectivity index (χ2v) is 2.27. The maximum absolute atomic E-state index is 8.77. The van der Waals surface area contributed by atoms with Crippen LogP contribution < -0.4 is 0 Å². The van der Waals surface area contributed by atoms with Gasteiger partial charge in [-0.3, -0.25) is 4.98 Å². The lowest BCUT2D eigenvalue weighted by molar-refractivity contribution is -0.0940. The molecule has 1 aromatic rings. The molecule has 0 aromatic carbocycles. The third-order valence-electron chi connectivity index (χ3n) is 1.21. The van der Waals surface area contributed by atoms with Crippen molar-refractivity contribution in [2.24, 2.45) is 0 Å². The monoisotopic (exact) mass is 153 g/mol. The largest absolute Gasteiger partial charge is 0.368 e. The molecule has 1 atom stereocenters. The van der Waals surface area contributed by atoms with Gasteiger partial charge in [0, 0.05) is 12.4 Å². The zero-order chi connectivity index (χ0) is 8.10. The number of aliphatic hydroxyl groups excluding tert-OH is 1. The van der Waals surface area contributed by atoms with Gasteiger partial charge in [-0.2, -0.15) is 0 Å². The predicted octanol–water partition coefficient (Wildman–Crippen LogP) is 0.936. The van der Waals surface area contributed by atoms with Crippen LogP contribution in [0.5, 0.6) is 0 Å². The number of hydrogen-bond donors (Lipinski definition) is 1. The highest BCUT2D eigenvalue weighted by molar-refractivity contribution is 5.06. The van der Waals surface area contributed by atoms with Crippen LogP contribution in [0.2, 0.25) is 0 Å². The van der Waals surface area contributed by atoms with Gasteiger partial charge in [0.25, 0.3) is 0 Å². The minimum atomic E-state index is -0.713. The first kappa shape index (κ1) is 8.17. The van der Waals surface area contributed by atoms with Crippen LogP contribution in [0.15, 0.2) is 24.5 Å². The van der Waals surface area contributed by atoms with Crippen LogP contribution in [0, 0.1) is 0 Å². The molecule has 0 aliphatic carbocycles. The number of hydrogen-bond acceptors (Lipinski definition) is 3. The number of aliphatic hydroxyl groups is 1. The van der Waals surface area contributed by atoms with Gasteiger partial charge in [-0.25, -0.2) is 0 Å². The maximum atomic E-state index is 8.77. The van der Waals surface area contributed by atoms with Crippen molar-refractivity contribution < 1.29 is 9.84 Å². The van der Waals surface area contributed by atoms with Gasteiger partial charge in [-0.1, -0.05) is 6.07 Å². The van der Waals surface area contributed by atoms with E-state index in [0.717, 1.165) is 5.56 Å². The van der Waals surface area contributed by atoms with E-state index in [-0.39, 0.29) is 0 Å². The van der Waals surface area contributed by atoms with Gasteiger partial charge in [0.05, 0.1) is 6.61 Å². The van der Waals surface area contributed by atoms with E-state index < -0.39 is 6.29 Å². The van der Waals surface area contributed by atoms with Crippen molar-refractivity contribution in [3.63, 3.8) is 0 Å². The van der Waals surface area contributed by atoms with Gasteiger partial charge < -0.3 is 9.84 Å². The second-order valence-electron chi connectivity index (χ2n) is 2.27. The van der Waals surface area contributed by atoms with Crippen molar-refractivity contribution in [2.45, 2.75) is 19.8 Å². The summed E-state index contributed by atoms with van der Waals surface area (Å²) in [5.41, 5.74) is 0.966. The minimum Gasteiger partial charge on any atom is -0.368 e. The summed E-state index contributed by atoms with van der Waals surface area (Å²) >= 11 is 0. The number of nitrogens with zero attached hydrogens (tertiary/aromatic N) is 1. The first-order valence-electron chi connectivity index (χ1n) is 3.47. The predicted molar refractivity (Wildman–Crippen MR) is 40.7 cm³/mol. The molecule has 1 heterocycles. The fraction of sp³-hybridized carbons (Fsp3) is 0.375. The molecule has 1 rings (SSSR count). The van der Waals surface area contributed by atoms with Gasteiger partial charge in [0.1, 0.15) is 0 Å². The molecule has 0 radical (unpaired) electrons. The first-order valence-corrected chi connectivity index (χ1v) is 3.47. The summed E-state index contributed by atoms with van der Waals surface area (Å²) in [4.78, 5) is 3.90. The average Bonchev–Trinajstić information content (AvgIpc) is 2.03. The van der Waals surface area contributed by atoms with Crippen LogP contribution >= 0.6 is 0 Å². The molecule has 1 aromatic heterocycles. The van der Waals surface area contributed by atoms with Crippen LogP contribution in [0.4, 0.5) is 0 Å². The van der Waals surface area contributed by atoms with Crippen LogP contribution in [0.1, 0.15) is 12.5 Å². The van der Waals surface area contributed by atoms with E-state index in [1.165, 1.54) is 0 Å². The molecule has 1 unspecified atom stereocenters. The smallest absolute Gasteiger partial charge is 0.152 e. The van der Waals surface area contributed by atoms with E-state index in [9.17, 15) is 0 Å². The number of aromatic nitrogens is 1. The topological polar surface area (TPSA) is 42.4 Å². The zero-order valence-electron chi connectivity index (χ0n) is 6.40. The lowest BCUT2D eigenvalue weighted by atomic mass is 10.3. The number of pyridine rings is 1. The second kappa shape index (κ2) is 4.05. The van der Waals surface area contributed by atoms with Crippen molar-refractivity contribution in [3.05, 3.63) is 30.1 Å². The molecule has 60 valence electrons. The highest BCUT2D eigenvalue weighted by atomic mass is 16.6. The summed E-state index contributed by atoms with van der Waals surface area (Å²) in [5, 5.41) is 8.77. The molecule has 0 fully saturated rings. The van der Waals surface area contributed by atoms with Crippen molar-refractivity contribution in [3.8, 4) is 0 Å². The van der Waals surface area contributed by atoms with Gasteiger partial charge >= 0.3 is 0 Å². The maximum Gasteiger partial charge on any atom is 0.152 e. The normalized spacial score (nSPS) is 12.9. The van der Waals surface area contributed by atoms with Crippen molar-refractivity contribution >= 4 is 0 Å². The zero-order valence-corrected chi connectivity index (χ0v) is 6.40. The number of rotatable bonds is 3. The third-order valence-corrected chi connectivity index (χ3v) is 1.21. The highest BCUT2D eigenvalue weighted by Crippen LogP contribution is 1.99. The van der Waals surface area contributed by atoms with Gasteiger partial charge in [-0.05, 0) is 18.6 Å². The highest BCUT2D eigenvalue weighted by Gasteiger charge is 1.95. The first-order chi connectivity index (χ1) is 5.29. The van der Waals surface area contributed by atoms with Crippen LogP contribution in [0.3, 0.4) is 0 Å². The Bertz CT molecular complexity index is 199. The van der Waals surface area contributed by atoms with Gasteiger partial charge in [-0.15, -0.1) is 0 Å². The standard InChI is InChI=1S/C8H11NO2/c1-7(10)11-6-8-3-2-4-9-5-8/h2-5,7,10H,6H2,1H3. The average molecular weight is 153 g/mol. The van der Waals surface area contributed by atoms with E-state index in [1.807, 2.05) is 12.1 Å². The van der Waals surface area contributed by atoms with Crippen LogP contribution in [0.25, 0.3) is 0 Å². The van der Waals surface area contributed by atoms with Crippen molar-refractivity contribution in [1.82, 2.24) is 4.98 Å². The summed E-state index contributed by atoms with van der Waals surface area (Å²) in [5.74, 6) is 0. The fourth-order valence-electron chi connectivity index (χ4n) is 0.700. The third kappa shape index (κ3) is 3.11. The molecule has 0 aliphatic heterocycles. The Morgan fingerprint density at radius 3 is 3.09 bits per heavy atom. The lowest BCUT2D eigenvalue weighted by Crippen LogP contribution is -2.05. The van der Waals surface area contributed by atoms with E-state index >= 15 is 0 Å². The molecule has 0 saturated heterocycles. The molecule has 3 heteroatoms. The fourth-order valence-corrected chi connectivity index (χ4v) is 0.700. The van der Waals surface area contributed by atoms with Crippen LogP contribution in [-0.2, 0) is 11.3 Å². The summed E-state index contributed by atoms with van der Waals surface area (Å²) in [6.45, 7) is 1.99.